The Morgan fingerprint density at radius 1 is 1.62 bits per heavy atom. The molecule has 3 nitrogen and oxygen atoms in total. The molecule has 16 heavy (non-hydrogen) atoms. The first-order valence-corrected chi connectivity index (χ1v) is 6.79. The summed E-state index contributed by atoms with van der Waals surface area (Å²) >= 11 is 1.77. The third-order valence-electron chi connectivity index (χ3n) is 2.80. The Balaban J connectivity index is 2.37. The third-order valence-corrected chi connectivity index (χ3v) is 4.21. The highest BCUT2D eigenvalue weighted by molar-refractivity contribution is 8.00. The van der Waals surface area contributed by atoms with Crippen LogP contribution < -0.4 is 5.32 Å². The fourth-order valence-corrected chi connectivity index (χ4v) is 2.99. The molecular weight excluding hydrogens is 222 g/mol. The van der Waals surface area contributed by atoms with Crippen LogP contribution in [-0.2, 0) is 4.79 Å². The van der Waals surface area contributed by atoms with Gasteiger partial charge in [-0.2, -0.15) is 11.8 Å². The van der Waals surface area contributed by atoms with Crippen LogP contribution >= 0.6 is 11.8 Å². The molecule has 0 aromatic rings. The van der Waals surface area contributed by atoms with Crippen molar-refractivity contribution in [3.05, 3.63) is 11.6 Å². The molecular formula is C12H21NO2S. The highest BCUT2D eigenvalue weighted by Crippen LogP contribution is 2.40. The van der Waals surface area contributed by atoms with Crippen LogP contribution in [0, 0.1) is 0 Å². The number of amides is 1. The van der Waals surface area contributed by atoms with Gasteiger partial charge in [0.15, 0.2) is 0 Å². The van der Waals surface area contributed by atoms with Gasteiger partial charge in [0.2, 0.25) is 5.91 Å². The molecule has 0 heterocycles. The molecule has 1 rings (SSSR count). The Morgan fingerprint density at radius 3 is 2.75 bits per heavy atom. The molecule has 0 bridgehead atoms. The molecule has 1 aliphatic rings. The van der Waals surface area contributed by atoms with E-state index in [0.29, 0.717) is 6.54 Å². The van der Waals surface area contributed by atoms with Crippen LogP contribution in [0.3, 0.4) is 0 Å². The maximum Gasteiger partial charge on any atom is 0.244 e. The van der Waals surface area contributed by atoms with Crippen LogP contribution in [0.2, 0.25) is 0 Å². The molecule has 1 amide bonds. The Bertz CT molecular complexity index is 287. The third kappa shape index (κ3) is 3.52. The smallest absolute Gasteiger partial charge is 0.244 e. The fraction of sp³-hybridized carbons (Fsp3) is 0.750. The minimum atomic E-state index is -0.689. The van der Waals surface area contributed by atoms with Gasteiger partial charge in [0, 0.05) is 17.9 Å². The van der Waals surface area contributed by atoms with E-state index in [0.717, 1.165) is 24.2 Å². The van der Waals surface area contributed by atoms with E-state index in [1.54, 1.807) is 17.8 Å². The number of aliphatic hydroxyl groups is 1. The van der Waals surface area contributed by atoms with Crippen molar-refractivity contribution in [3.63, 3.8) is 0 Å². The Hall–Kier alpha value is -0.480. The minimum Gasteiger partial charge on any atom is -0.387 e. The van der Waals surface area contributed by atoms with E-state index in [4.69, 9.17) is 0 Å². The molecule has 4 heteroatoms. The van der Waals surface area contributed by atoms with Crippen LogP contribution in [-0.4, -0.2) is 34.2 Å². The highest BCUT2D eigenvalue weighted by Gasteiger charge is 2.45. The first kappa shape index (κ1) is 13.6. The largest absolute Gasteiger partial charge is 0.387 e. The Kier molecular flexibility index (Phi) is 4.87. The minimum absolute atomic E-state index is 0.111. The van der Waals surface area contributed by atoms with Crippen molar-refractivity contribution < 1.29 is 9.90 Å². The number of hydrogen-bond acceptors (Lipinski definition) is 3. The van der Waals surface area contributed by atoms with Gasteiger partial charge >= 0.3 is 0 Å². The van der Waals surface area contributed by atoms with Crippen molar-refractivity contribution in [2.24, 2.45) is 0 Å². The first-order valence-electron chi connectivity index (χ1n) is 5.74. The van der Waals surface area contributed by atoms with Crippen molar-refractivity contribution in [3.8, 4) is 0 Å². The zero-order valence-electron chi connectivity index (χ0n) is 10.2. The van der Waals surface area contributed by atoms with E-state index in [2.05, 4.69) is 12.2 Å². The lowest BCUT2D eigenvalue weighted by Crippen LogP contribution is -2.56. The molecule has 0 aliphatic heterocycles. The monoisotopic (exact) mass is 243 g/mol. The average molecular weight is 243 g/mol. The highest BCUT2D eigenvalue weighted by atomic mass is 32.2. The van der Waals surface area contributed by atoms with E-state index in [1.807, 2.05) is 13.8 Å². The predicted octanol–water partition coefficient (Wildman–Crippen LogP) is 1.72. The van der Waals surface area contributed by atoms with Crippen LogP contribution in [0.25, 0.3) is 0 Å². The molecule has 0 spiro atoms. The van der Waals surface area contributed by atoms with E-state index < -0.39 is 5.60 Å². The summed E-state index contributed by atoms with van der Waals surface area (Å²) in [7, 11) is 0. The maximum atomic E-state index is 11.4. The lowest BCUT2D eigenvalue weighted by atomic mass is 9.79. The first-order chi connectivity index (χ1) is 7.48. The summed E-state index contributed by atoms with van der Waals surface area (Å²) in [6.07, 6.45) is 3.40. The molecule has 1 fully saturated rings. The van der Waals surface area contributed by atoms with Gasteiger partial charge in [-0.1, -0.05) is 12.5 Å². The lowest BCUT2D eigenvalue weighted by molar-refractivity contribution is -0.118. The summed E-state index contributed by atoms with van der Waals surface area (Å²) in [5, 5.41) is 13.3. The summed E-state index contributed by atoms with van der Waals surface area (Å²) in [5.41, 5.74) is 0.281. The average Bonchev–Trinajstić information content (AvgIpc) is 2.20. The lowest BCUT2D eigenvalue weighted by Gasteiger charge is -2.44. The summed E-state index contributed by atoms with van der Waals surface area (Å²) < 4.78 is 0. The Labute approximate surface area is 102 Å². The summed E-state index contributed by atoms with van der Waals surface area (Å²) in [6.45, 7) is 6.22. The van der Waals surface area contributed by atoms with Crippen LogP contribution in [0.4, 0.5) is 0 Å². The summed E-state index contributed by atoms with van der Waals surface area (Å²) in [6, 6.07) is 0. The second-order valence-electron chi connectivity index (χ2n) is 4.53. The van der Waals surface area contributed by atoms with E-state index in [9.17, 15) is 9.90 Å². The fourth-order valence-electron chi connectivity index (χ4n) is 1.79. The number of allylic oxidation sites excluding steroid dienone is 1. The SMILES string of the molecule is CCS[C@@H]1CC[C@@]1(O)CNC(=O)C=C(C)C. The number of hydrogen-bond donors (Lipinski definition) is 2. The molecule has 2 N–H and O–H groups in total. The standard InChI is InChI=1S/C12H21NO2S/c1-4-16-10-5-6-12(10,15)8-13-11(14)7-9(2)3/h7,10,15H,4-6,8H2,1-3H3,(H,13,14)/t10-,12-/m1/s1. The zero-order valence-corrected chi connectivity index (χ0v) is 11.1. The number of carbonyl (C=O) groups is 1. The van der Waals surface area contributed by atoms with Crippen LogP contribution in [0.5, 0.6) is 0 Å². The van der Waals surface area contributed by atoms with Crippen molar-refractivity contribution >= 4 is 17.7 Å². The van der Waals surface area contributed by atoms with Gasteiger partial charge in [-0.3, -0.25) is 4.79 Å². The summed E-state index contributed by atoms with van der Waals surface area (Å²) in [4.78, 5) is 11.4. The van der Waals surface area contributed by atoms with Crippen molar-refractivity contribution in [1.82, 2.24) is 5.32 Å². The molecule has 92 valence electrons. The van der Waals surface area contributed by atoms with Crippen molar-refractivity contribution in [2.45, 2.75) is 44.5 Å². The van der Waals surface area contributed by atoms with Gasteiger partial charge in [-0.25, -0.2) is 0 Å². The number of thioether (sulfide) groups is 1. The van der Waals surface area contributed by atoms with Gasteiger partial charge in [0.1, 0.15) is 0 Å². The second kappa shape index (κ2) is 5.73. The number of nitrogens with one attached hydrogen (secondary N) is 1. The van der Waals surface area contributed by atoms with E-state index >= 15 is 0 Å². The predicted molar refractivity (Wildman–Crippen MR) is 68.5 cm³/mol. The summed E-state index contributed by atoms with van der Waals surface area (Å²) in [5.74, 6) is 0.898. The Morgan fingerprint density at radius 2 is 2.31 bits per heavy atom. The maximum absolute atomic E-state index is 11.4. The zero-order chi connectivity index (χ0) is 12.2. The quantitative estimate of drug-likeness (QED) is 0.723. The molecule has 0 unspecified atom stereocenters. The van der Waals surface area contributed by atoms with Gasteiger partial charge in [-0.05, 0) is 32.4 Å². The van der Waals surface area contributed by atoms with Gasteiger partial charge in [0.25, 0.3) is 0 Å². The van der Waals surface area contributed by atoms with E-state index in [1.165, 1.54) is 0 Å². The van der Waals surface area contributed by atoms with Crippen LogP contribution in [0.1, 0.15) is 33.6 Å². The van der Waals surface area contributed by atoms with Crippen molar-refractivity contribution in [2.75, 3.05) is 12.3 Å². The van der Waals surface area contributed by atoms with Crippen LogP contribution in [0.15, 0.2) is 11.6 Å². The topological polar surface area (TPSA) is 49.3 Å². The molecule has 1 saturated carbocycles. The van der Waals surface area contributed by atoms with Crippen molar-refractivity contribution in [1.29, 1.82) is 0 Å². The molecule has 0 radical (unpaired) electrons. The van der Waals surface area contributed by atoms with Gasteiger partial charge in [0.05, 0.1) is 5.60 Å². The van der Waals surface area contributed by atoms with Gasteiger partial charge < -0.3 is 10.4 Å². The molecule has 1 aliphatic carbocycles. The normalized spacial score (nSPS) is 28.1. The van der Waals surface area contributed by atoms with Gasteiger partial charge in [-0.15, -0.1) is 0 Å². The number of carbonyl (C=O) groups excluding carboxylic acids is 1. The van der Waals surface area contributed by atoms with E-state index in [-0.39, 0.29) is 11.2 Å². The second-order valence-corrected chi connectivity index (χ2v) is 6.01. The molecule has 0 aromatic heterocycles. The number of rotatable bonds is 5. The molecule has 0 saturated heterocycles. The molecule has 2 atom stereocenters. The molecule has 0 aromatic carbocycles.